The molecule has 1 saturated heterocycles. The Kier molecular flexibility index (Phi) is 5.82. The van der Waals surface area contributed by atoms with E-state index in [1.165, 1.54) is 0 Å². The maximum absolute atomic E-state index is 12.5. The van der Waals surface area contributed by atoms with E-state index in [-0.39, 0.29) is 42.4 Å². The third-order valence-electron chi connectivity index (χ3n) is 4.71. The van der Waals surface area contributed by atoms with Gasteiger partial charge in [-0.3, -0.25) is 4.79 Å². The Morgan fingerprint density at radius 2 is 1.88 bits per heavy atom. The highest BCUT2D eigenvalue weighted by molar-refractivity contribution is 5.78. The molecule has 0 bridgehead atoms. The molecule has 0 spiro atoms. The molecule has 2 aliphatic rings. The molecule has 0 N–H and O–H groups in total. The fourth-order valence-corrected chi connectivity index (χ4v) is 3.13. The Morgan fingerprint density at radius 3 is 2.40 bits per heavy atom. The van der Waals surface area contributed by atoms with E-state index in [0.717, 1.165) is 12.8 Å². The summed E-state index contributed by atoms with van der Waals surface area (Å²) in [5.41, 5.74) is -1.10. The summed E-state index contributed by atoms with van der Waals surface area (Å²) >= 11 is 0. The molecule has 2 rings (SSSR count). The van der Waals surface area contributed by atoms with Gasteiger partial charge in [0.1, 0.15) is 18.8 Å². The first kappa shape index (κ1) is 19.8. The molecule has 4 unspecified atom stereocenters. The van der Waals surface area contributed by atoms with Crippen LogP contribution >= 0.6 is 0 Å². The molecule has 0 aromatic carbocycles. The molecule has 1 aliphatic heterocycles. The average Bonchev–Trinajstić information content (AvgIpc) is 2.94. The van der Waals surface area contributed by atoms with E-state index in [1.807, 2.05) is 20.8 Å². The fourth-order valence-electron chi connectivity index (χ4n) is 3.13. The van der Waals surface area contributed by atoms with Gasteiger partial charge in [-0.05, 0) is 53.9 Å². The van der Waals surface area contributed by atoms with Gasteiger partial charge in [0.2, 0.25) is 0 Å². The van der Waals surface area contributed by atoms with Gasteiger partial charge >= 0.3 is 12.1 Å². The molecule has 4 atom stereocenters. The van der Waals surface area contributed by atoms with Crippen molar-refractivity contribution in [3.63, 3.8) is 0 Å². The van der Waals surface area contributed by atoms with E-state index in [1.54, 1.807) is 19.9 Å². The Bertz CT molecular complexity index is 518. The van der Waals surface area contributed by atoms with Crippen molar-refractivity contribution >= 4 is 12.1 Å². The normalized spacial score (nSPS) is 30.4. The van der Waals surface area contributed by atoms with Crippen molar-refractivity contribution in [2.24, 2.45) is 11.3 Å². The Labute approximate surface area is 149 Å². The molecular weight excluding hydrogens is 324 g/mol. The van der Waals surface area contributed by atoms with Crippen LogP contribution in [0.5, 0.6) is 0 Å². The summed E-state index contributed by atoms with van der Waals surface area (Å²) in [6.07, 6.45) is 2.27. The lowest BCUT2D eigenvalue weighted by molar-refractivity contribution is -0.183. The van der Waals surface area contributed by atoms with Gasteiger partial charge in [-0.15, -0.1) is 6.58 Å². The number of carbonyl (C=O) groups is 2. The number of hydrogen-bond acceptors (Lipinski definition) is 6. The fraction of sp³-hybridized carbons (Fsp3) is 0.789. The van der Waals surface area contributed by atoms with Crippen LogP contribution in [0, 0.1) is 11.3 Å². The summed E-state index contributed by atoms with van der Waals surface area (Å²) in [5, 5.41) is 0. The summed E-state index contributed by atoms with van der Waals surface area (Å²) in [6, 6.07) is 0. The third-order valence-corrected chi connectivity index (χ3v) is 4.71. The maximum Gasteiger partial charge on any atom is 0.508 e. The first-order valence-corrected chi connectivity index (χ1v) is 8.88. The van der Waals surface area contributed by atoms with Gasteiger partial charge in [-0.2, -0.15) is 0 Å². The first-order chi connectivity index (χ1) is 11.5. The topological polar surface area (TPSA) is 71.1 Å². The lowest BCUT2D eigenvalue weighted by atomic mass is 9.81. The van der Waals surface area contributed by atoms with E-state index in [9.17, 15) is 9.59 Å². The lowest BCUT2D eigenvalue weighted by Gasteiger charge is -2.40. The summed E-state index contributed by atoms with van der Waals surface area (Å²) in [5.74, 6) is -0.230. The largest absolute Gasteiger partial charge is 0.508 e. The van der Waals surface area contributed by atoms with Crippen LogP contribution < -0.4 is 0 Å². The minimum atomic E-state index is -0.762. The van der Waals surface area contributed by atoms with Crippen molar-refractivity contribution in [2.75, 3.05) is 6.61 Å². The number of carbonyl (C=O) groups excluding carboxylic acids is 2. The Morgan fingerprint density at radius 1 is 1.20 bits per heavy atom. The molecule has 6 nitrogen and oxygen atoms in total. The predicted octanol–water partition coefficient (Wildman–Crippen LogP) is 3.63. The second-order valence-electron chi connectivity index (χ2n) is 8.43. The molecule has 0 radical (unpaired) electrons. The van der Waals surface area contributed by atoms with Gasteiger partial charge < -0.3 is 18.9 Å². The summed E-state index contributed by atoms with van der Waals surface area (Å²) in [4.78, 5) is 23.7. The summed E-state index contributed by atoms with van der Waals surface area (Å²) in [6.45, 7) is 13.5. The lowest BCUT2D eigenvalue weighted by Crippen LogP contribution is -2.46. The highest BCUT2D eigenvalue weighted by Gasteiger charge is 2.43. The number of rotatable bonds is 5. The third kappa shape index (κ3) is 5.21. The van der Waals surface area contributed by atoms with Gasteiger partial charge in [0, 0.05) is 5.92 Å². The maximum atomic E-state index is 12.5. The molecule has 0 aromatic rings. The molecule has 25 heavy (non-hydrogen) atoms. The SMILES string of the molecule is C=CC(C)(C)C(=O)OC1CC(C2COC(=O)O2)CCC1OC(C)(C)C. The number of hydrogen-bond donors (Lipinski definition) is 0. The molecule has 1 heterocycles. The van der Waals surface area contributed by atoms with E-state index in [2.05, 4.69) is 6.58 Å². The zero-order chi connectivity index (χ0) is 18.8. The molecule has 0 aromatic heterocycles. The van der Waals surface area contributed by atoms with Crippen LogP contribution in [0.25, 0.3) is 0 Å². The smallest absolute Gasteiger partial charge is 0.459 e. The van der Waals surface area contributed by atoms with Gasteiger partial charge in [0.15, 0.2) is 0 Å². The molecule has 1 aliphatic carbocycles. The van der Waals surface area contributed by atoms with E-state index in [0.29, 0.717) is 6.42 Å². The zero-order valence-corrected chi connectivity index (χ0v) is 15.9. The van der Waals surface area contributed by atoms with E-state index >= 15 is 0 Å². The van der Waals surface area contributed by atoms with Crippen molar-refractivity contribution in [2.45, 2.75) is 77.8 Å². The minimum absolute atomic E-state index is 0.0934. The molecule has 2 fully saturated rings. The highest BCUT2D eigenvalue weighted by atomic mass is 16.8. The molecule has 0 amide bonds. The standard InChI is InChI=1S/C19H30O6/c1-7-19(5,6)16(20)23-14-10-12(15-11-22-17(21)24-15)8-9-13(14)25-18(2,3)4/h7,12-15H,1,8-11H2,2-6H3. The van der Waals surface area contributed by atoms with Crippen LogP contribution in [0.1, 0.15) is 53.9 Å². The molecule has 1 saturated carbocycles. The van der Waals surface area contributed by atoms with Crippen molar-refractivity contribution in [1.82, 2.24) is 0 Å². The summed E-state index contributed by atoms with van der Waals surface area (Å²) in [7, 11) is 0. The minimum Gasteiger partial charge on any atom is -0.459 e. The highest BCUT2D eigenvalue weighted by Crippen LogP contribution is 2.36. The van der Waals surface area contributed by atoms with E-state index in [4.69, 9.17) is 18.9 Å². The zero-order valence-electron chi connectivity index (χ0n) is 15.9. The van der Waals surface area contributed by atoms with Gasteiger partial charge in [-0.25, -0.2) is 4.79 Å². The first-order valence-electron chi connectivity index (χ1n) is 8.88. The van der Waals surface area contributed by atoms with Crippen molar-refractivity contribution < 1.29 is 28.5 Å². The number of esters is 1. The van der Waals surface area contributed by atoms with Crippen LogP contribution in [-0.4, -0.2) is 42.6 Å². The monoisotopic (exact) mass is 354 g/mol. The molecular formula is C19H30O6. The van der Waals surface area contributed by atoms with Gasteiger partial charge in [0.25, 0.3) is 0 Å². The Hall–Kier alpha value is -1.56. The molecule has 142 valence electrons. The van der Waals surface area contributed by atoms with Gasteiger partial charge in [-0.1, -0.05) is 6.08 Å². The second-order valence-corrected chi connectivity index (χ2v) is 8.43. The van der Waals surface area contributed by atoms with Crippen molar-refractivity contribution in [1.29, 1.82) is 0 Å². The van der Waals surface area contributed by atoms with E-state index < -0.39 is 11.6 Å². The quantitative estimate of drug-likeness (QED) is 0.555. The van der Waals surface area contributed by atoms with Crippen LogP contribution in [0.3, 0.4) is 0 Å². The van der Waals surface area contributed by atoms with Crippen LogP contribution in [0.2, 0.25) is 0 Å². The summed E-state index contributed by atoms with van der Waals surface area (Å²) < 4.78 is 22.1. The number of ether oxygens (including phenoxy) is 4. The number of cyclic esters (lactones) is 2. The van der Waals surface area contributed by atoms with Crippen molar-refractivity contribution in [3.05, 3.63) is 12.7 Å². The predicted molar refractivity (Wildman–Crippen MR) is 92.0 cm³/mol. The molecule has 6 heteroatoms. The Balaban J connectivity index is 2.09. The second kappa shape index (κ2) is 7.36. The van der Waals surface area contributed by atoms with Gasteiger partial charge in [0.05, 0.1) is 17.1 Å². The van der Waals surface area contributed by atoms with Crippen molar-refractivity contribution in [3.8, 4) is 0 Å². The van der Waals surface area contributed by atoms with Crippen LogP contribution in [0.15, 0.2) is 12.7 Å². The average molecular weight is 354 g/mol. The van der Waals surface area contributed by atoms with Crippen LogP contribution in [-0.2, 0) is 23.7 Å². The van der Waals surface area contributed by atoms with Crippen LogP contribution in [0.4, 0.5) is 4.79 Å².